The van der Waals surface area contributed by atoms with Crippen LogP contribution >= 0.6 is 11.8 Å². The van der Waals surface area contributed by atoms with Crippen molar-refractivity contribution in [2.75, 3.05) is 13.1 Å². The number of likely N-dealkylation sites (tertiary alicyclic amines) is 1. The van der Waals surface area contributed by atoms with E-state index in [1.54, 1.807) is 12.1 Å². The SMILES string of the molecule is NCC1CCCN1Cc1ccc(SC(F)(F)F)cc1. The van der Waals surface area contributed by atoms with Crippen LogP contribution in [0.3, 0.4) is 0 Å². The molecule has 0 amide bonds. The smallest absolute Gasteiger partial charge is 0.329 e. The highest BCUT2D eigenvalue weighted by Crippen LogP contribution is 2.36. The summed E-state index contributed by atoms with van der Waals surface area (Å²) in [6.07, 6.45) is 2.25. The average Bonchev–Trinajstić information content (AvgIpc) is 2.77. The van der Waals surface area contributed by atoms with Crippen molar-refractivity contribution < 1.29 is 13.2 Å². The van der Waals surface area contributed by atoms with Gasteiger partial charge in [-0.3, -0.25) is 4.90 Å². The summed E-state index contributed by atoms with van der Waals surface area (Å²) in [6.45, 7) is 2.42. The van der Waals surface area contributed by atoms with Crippen molar-refractivity contribution in [3.63, 3.8) is 0 Å². The maximum atomic E-state index is 12.2. The highest BCUT2D eigenvalue weighted by atomic mass is 32.2. The maximum absolute atomic E-state index is 12.2. The first-order chi connectivity index (χ1) is 8.98. The number of thioether (sulfide) groups is 1. The zero-order valence-electron chi connectivity index (χ0n) is 10.5. The molecule has 1 aromatic carbocycles. The lowest BCUT2D eigenvalue weighted by molar-refractivity contribution is -0.0328. The van der Waals surface area contributed by atoms with Gasteiger partial charge in [0.25, 0.3) is 0 Å². The lowest BCUT2D eigenvalue weighted by Gasteiger charge is -2.23. The third kappa shape index (κ3) is 4.40. The Morgan fingerprint density at radius 3 is 2.53 bits per heavy atom. The fourth-order valence-electron chi connectivity index (χ4n) is 2.40. The summed E-state index contributed by atoms with van der Waals surface area (Å²) < 4.78 is 36.6. The molecule has 0 radical (unpaired) electrons. The summed E-state index contributed by atoms with van der Waals surface area (Å²) in [4.78, 5) is 2.53. The van der Waals surface area contributed by atoms with Crippen LogP contribution in [0.5, 0.6) is 0 Å². The van der Waals surface area contributed by atoms with E-state index in [0.29, 0.717) is 12.6 Å². The molecule has 0 saturated carbocycles. The van der Waals surface area contributed by atoms with Crippen molar-refractivity contribution in [2.24, 2.45) is 5.73 Å². The summed E-state index contributed by atoms with van der Waals surface area (Å²) in [5.74, 6) is 0. The molecular weight excluding hydrogens is 273 g/mol. The average molecular weight is 290 g/mol. The summed E-state index contributed by atoms with van der Waals surface area (Å²) in [7, 11) is 0. The van der Waals surface area contributed by atoms with Crippen molar-refractivity contribution in [1.82, 2.24) is 4.90 Å². The van der Waals surface area contributed by atoms with Gasteiger partial charge in [0.05, 0.1) is 0 Å². The van der Waals surface area contributed by atoms with Crippen LogP contribution in [-0.2, 0) is 6.54 Å². The van der Waals surface area contributed by atoms with Crippen LogP contribution in [0.2, 0.25) is 0 Å². The van der Waals surface area contributed by atoms with Crippen LogP contribution < -0.4 is 5.73 Å². The summed E-state index contributed by atoms with van der Waals surface area (Å²) >= 11 is -0.0764. The molecule has 1 aromatic rings. The Labute approximate surface area is 115 Å². The molecule has 1 fully saturated rings. The normalized spacial score (nSPS) is 20.9. The minimum Gasteiger partial charge on any atom is -0.329 e. The van der Waals surface area contributed by atoms with E-state index in [-0.39, 0.29) is 16.7 Å². The van der Waals surface area contributed by atoms with Crippen LogP contribution in [0.15, 0.2) is 29.2 Å². The Kier molecular flexibility index (Phi) is 4.76. The fraction of sp³-hybridized carbons (Fsp3) is 0.538. The van der Waals surface area contributed by atoms with Gasteiger partial charge in [-0.1, -0.05) is 12.1 Å². The molecule has 1 atom stereocenters. The minimum atomic E-state index is -4.22. The third-order valence-electron chi connectivity index (χ3n) is 3.31. The first-order valence-corrected chi connectivity index (χ1v) is 7.08. The highest BCUT2D eigenvalue weighted by molar-refractivity contribution is 8.00. The predicted octanol–water partition coefficient (Wildman–Crippen LogP) is 3.22. The second-order valence-corrected chi connectivity index (χ2v) is 5.83. The van der Waals surface area contributed by atoms with Crippen molar-refractivity contribution in [1.29, 1.82) is 0 Å². The van der Waals surface area contributed by atoms with Gasteiger partial charge < -0.3 is 5.73 Å². The molecule has 0 aromatic heterocycles. The second-order valence-electron chi connectivity index (χ2n) is 4.69. The van der Waals surface area contributed by atoms with E-state index in [0.717, 1.165) is 31.5 Å². The van der Waals surface area contributed by atoms with Gasteiger partial charge in [0.2, 0.25) is 0 Å². The molecule has 106 valence electrons. The molecular formula is C13H17F3N2S. The fourth-order valence-corrected chi connectivity index (χ4v) is 2.94. The Morgan fingerprint density at radius 1 is 1.26 bits per heavy atom. The number of nitrogens with zero attached hydrogens (tertiary/aromatic N) is 1. The van der Waals surface area contributed by atoms with Gasteiger partial charge in [0.1, 0.15) is 0 Å². The monoisotopic (exact) mass is 290 g/mol. The maximum Gasteiger partial charge on any atom is 0.446 e. The van der Waals surface area contributed by atoms with E-state index in [9.17, 15) is 13.2 Å². The third-order valence-corrected chi connectivity index (χ3v) is 4.05. The molecule has 0 spiro atoms. The van der Waals surface area contributed by atoms with Gasteiger partial charge >= 0.3 is 5.51 Å². The molecule has 6 heteroatoms. The van der Waals surface area contributed by atoms with Crippen LogP contribution in [0.25, 0.3) is 0 Å². The van der Waals surface area contributed by atoms with E-state index in [4.69, 9.17) is 5.73 Å². The molecule has 1 unspecified atom stereocenters. The van der Waals surface area contributed by atoms with E-state index in [1.807, 2.05) is 0 Å². The Balaban J connectivity index is 1.95. The Morgan fingerprint density at radius 2 is 1.95 bits per heavy atom. The zero-order chi connectivity index (χ0) is 13.9. The molecule has 2 nitrogen and oxygen atoms in total. The van der Waals surface area contributed by atoms with Crippen LogP contribution in [0.4, 0.5) is 13.2 Å². The lowest BCUT2D eigenvalue weighted by atomic mass is 10.2. The molecule has 2 N–H and O–H groups in total. The first-order valence-electron chi connectivity index (χ1n) is 6.27. The van der Waals surface area contributed by atoms with Gasteiger partial charge in [-0.15, -0.1) is 0 Å². The minimum absolute atomic E-state index is 0.0764. The first kappa shape index (κ1) is 14.7. The molecule has 0 bridgehead atoms. The molecule has 19 heavy (non-hydrogen) atoms. The van der Waals surface area contributed by atoms with Crippen molar-refractivity contribution in [3.05, 3.63) is 29.8 Å². The number of benzene rings is 1. The summed E-state index contributed by atoms with van der Waals surface area (Å²) in [5.41, 5.74) is 2.51. The van der Waals surface area contributed by atoms with E-state index in [2.05, 4.69) is 4.90 Å². The molecule has 1 aliphatic heterocycles. The number of rotatable bonds is 4. The topological polar surface area (TPSA) is 29.3 Å². The quantitative estimate of drug-likeness (QED) is 0.863. The van der Waals surface area contributed by atoms with Gasteiger partial charge in [-0.25, -0.2) is 0 Å². The summed E-state index contributed by atoms with van der Waals surface area (Å²) in [6, 6.07) is 6.99. The molecule has 0 aliphatic carbocycles. The standard InChI is InChI=1S/C13H17F3N2S/c14-13(15,16)19-12-5-3-10(4-6-12)9-18-7-1-2-11(18)8-17/h3-6,11H,1-2,7-9,17H2. The van der Waals surface area contributed by atoms with Gasteiger partial charge in [-0.05, 0) is 48.8 Å². The molecule has 1 heterocycles. The second kappa shape index (κ2) is 6.15. The Hall–Kier alpha value is -0.720. The number of alkyl halides is 3. The number of hydrogen-bond donors (Lipinski definition) is 1. The molecule has 1 saturated heterocycles. The summed E-state index contributed by atoms with van der Waals surface area (Å²) in [5, 5.41) is 0. The lowest BCUT2D eigenvalue weighted by Crippen LogP contribution is -2.34. The van der Waals surface area contributed by atoms with E-state index < -0.39 is 5.51 Å². The van der Waals surface area contributed by atoms with Gasteiger partial charge in [0.15, 0.2) is 0 Å². The predicted molar refractivity (Wildman–Crippen MR) is 70.8 cm³/mol. The number of hydrogen-bond acceptors (Lipinski definition) is 3. The van der Waals surface area contributed by atoms with E-state index >= 15 is 0 Å². The van der Waals surface area contributed by atoms with Gasteiger partial charge in [0, 0.05) is 24.0 Å². The zero-order valence-corrected chi connectivity index (χ0v) is 11.3. The molecule has 2 rings (SSSR count). The van der Waals surface area contributed by atoms with E-state index in [1.165, 1.54) is 12.1 Å². The van der Waals surface area contributed by atoms with Crippen molar-refractivity contribution in [2.45, 2.75) is 35.8 Å². The van der Waals surface area contributed by atoms with Crippen LogP contribution in [-0.4, -0.2) is 29.5 Å². The van der Waals surface area contributed by atoms with Gasteiger partial charge in [-0.2, -0.15) is 13.2 Å². The van der Waals surface area contributed by atoms with Crippen molar-refractivity contribution in [3.8, 4) is 0 Å². The number of halogens is 3. The van der Waals surface area contributed by atoms with Crippen molar-refractivity contribution >= 4 is 11.8 Å². The largest absolute Gasteiger partial charge is 0.446 e. The number of nitrogens with two attached hydrogens (primary N) is 1. The molecule has 1 aliphatic rings. The highest BCUT2D eigenvalue weighted by Gasteiger charge is 2.29. The van der Waals surface area contributed by atoms with Crippen LogP contribution in [0, 0.1) is 0 Å². The Bertz CT molecular complexity index is 405. The van der Waals surface area contributed by atoms with Crippen LogP contribution in [0.1, 0.15) is 18.4 Å².